The summed E-state index contributed by atoms with van der Waals surface area (Å²) in [5.74, 6) is -0.827. The summed E-state index contributed by atoms with van der Waals surface area (Å²) in [6, 6.07) is 3.77. The van der Waals surface area contributed by atoms with E-state index in [0.717, 1.165) is 6.07 Å². The van der Waals surface area contributed by atoms with E-state index in [9.17, 15) is 9.60 Å². The first-order valence-corrected chi connectivity index (χ1v) is 7.04. The second-order valence-electron chi connectivity index (χ2n) is 4.58. The molecule has 1 aromatic carbocycles. The molecule has 1 aromatic heterocycles. The van der Waals surface area contributed by atoms with Gasteiger partial charge in [-0.05, 0) is 45.3 Å². The second-order valence-corrected chi connectivity index (χ2v) is 5.43. The number of hydrogen-bond acceptors (Lipinski definition) is 7. The molecule has 0 radical (unpaired) electrons. The Morgan fingerprint density at radius 2 is 2.32 bits per heavy atom. The van der Waals surface area contributed by atoms with Gasteiger partial charge >= 0.3 is 0 Å². The highest BCUT2D eigenvalue weighted by molar-refractivity contribution is 9.10. The number of hydroxylamine groups is 1. The lowest BCUT2D eigenvalue weighted by molar-refractivity contribution is 0.300. The van der Waals surface area contributed by atoms with Crippen LogP contribution in [-0.4, -0.2) is 33.9 Å². The van der Waals surface area contributed by atoms with Gasteiger partial charge < -0.3 is 11.1 Å². The van der Waals surface area contributed by atoms with Crippen molar-refractivity contribution < 1.29 is 14.2 Å². The summed E-state index contributed by atoms with van der Waals surface area (Å²) in [5, 5.41) is 28.5. The molecular weight excluding hydrogens is 359 g/mol. The SMILES string of the molecule is CC(N)CNc1nonc1C(=N)N(O)c1ccc(Br)c(F)c1. The number of hydrogen-bond donors (Lipinski definition) is 4. The molecule has 1 heterocycles. The van der Waals surface area contributed by atoms with E-state index in [0.29, 0.717) is 11.6 Å². The first-order chi connectivity index (χ1) is 10.4. The third-order valence-corrected chi connectivity index (χ3v) is 3.31. The van der Waals surface area contributed by atoms with Crippen LogP contribution in [0.3, 0.4) is 0 Å². The summed E-state index contributed by atoms with van der Waals surface area (Å²) in [5.41, 5.74) is 5.66. The van der Waals surface area contributed by atoms with Crippen LogP contribution in [0.1, 0.15) is 12.6 Å². The van der Waals surface area contributed by atoms with Crippen molar-refractivity contribution in [3.05, 3.63) is 34.2 Å². The lowest BCUT2D eigenvalue weighted by Gasteiger charge is -2.17. The molecule has 1 atom stereocenters. The minimum atomic E-state index is -0.571. The fourth-order valence-electron chi connectivity index (χ4n) is 1.56. The van der Waals surface area contributed by atoms with E-state index in [4.69, 9.17) is 11.1 Å². The molecule has 5 N–H and O–H groups in total. The molecule has 0 aliphatic carbocycles. The van der Waals surface area contributed by atoms with E-state index < -0.39 is 11.7 Å². The third kappa shape index (κ3) is 3.59. The van der Waals surface area contributed by atoms with Crippen molar-refractivity contribution in [2.45, 2.75) is 13.0 Å². The van der Waals surface area contributed by atoms with Crippen LogP contribution in [0.2, 0.25) is 0 Å². The Balaban J connectivity index is 2.20. The van der Waals surface area contributed by atoms with E-state index >= 15 is 0 Å². The topological polar surface area (TPSA) is 124 Å². The maximum absolute atomic E-state index is 13.5. The van der Waals surface area contributed by atoms with Gasteiger partial charge in [0.1, 0.15) is 5.82 Å². The van der Waals surface area contributed by atoms with E-state index in [1.54, 1.807) is 6.92 Å². The minimum absolute atomic E-state index is 0.0218. The number of benzene rings is 1. The predicted octanol–water partition coefficient (Wildman–Crippen LogP) is 1.95. The molecule has 2 aromatic rings. The Hall–Kier alpha value is -2.04. The molecule has 2 rings (SSSR count). The average molecular weight is 373 g/mol. The molecule has 10 heteroatoms. The number of aromatic nitrogens is 2. The molecule has 0 amide bonds. The minimum Gasteiger partial charge on any atom is -0.364 e. The van der Waals surface area contributed by atoms with Crippen LogP contribution in [0.4, 0.5) is 15.9 Å². The lowest BCUT2D eigenvalue weighted by Crippen LogP contribution is -2.30. The first kappa shape index (κ1) is 16.3. The highest BCUT2D eigenvalue weighted by Crippen LogP contribution is 2.23. The van der Waals surface area contributed by atoms with Crippen LogP contribution in [0.25, 0.3) is 0 Å². The maximum Gasteiger partial charge on any atom is 0.202 e. The van der Waals surface area contributed by atoms with Gasteiger partial charge in [-0.15, -0.1) is 0 Å². The van der Waals surface area contributed by atoms with Gasteiger partial charge in [-0.25, -0.2) is 14.1 Å². The van der Waals surface area contributed by atoms with Crippen molar-refractivity contribution >= 4 is 33.3 Å². The molecule has 1 unspecified atom stereocenters. The highest BCUT2D eigenvalue weighted by Gasteiger charge is 2.21. The van der Waals surface area contributed by atoms with Crippen molar-refractivity contribution in [1.82, 2.24) is 10.3 Å². The zero-order valence-electron chi connectivity index (χ0n) is 11.5. The summed E-state index contributed by atoms with van der Waals surface area (Å²) < 4.78 is 18.3. The molecule has 0 saturated heterocycles. The Labute approximate surface area is 133 Å². The first-order valence-electron chi connectivity index (χ1n) is 6.25. The van der Waals surface area contributed by atoms with Gasteiger partial charge in [0.2, 0.25) is 5.82 Å². The van der Waals surface area contributed by atoms with E-state index in [2.05, 4.69) is 36.2 Å². The Morgan fingerprint density at radius 1 is 1.59 bits per heavy atom. The van der Waals surface area contributed by atoms with Gasteiger partial charge in [-0.3, -0.25) is 10.6 Å². The van der Waals surface area contributed by atoms with E-state index in [1.165, 1.54) is 12.1 Å². The number of nitrogens with two attached hydrogens (primary N) is 1. The molecule has 0 saturated carbocycles. The molecule has 0 spiro atoms. The molecule has 0 bridgehead atoms. The van der Waals surface area contributed by atoms with Crippen LogP contribution < -0.4 is 16.1 Å². The molecule has 0 aliphatic heterocycles. The summed E-state index contributed by atoms with van der Waals surface area (Å²) >= 11 is 3.01. The van der Waals surface area contributed by atoms with Crippen LogP contribution in [0, 0.1) is 11.2 Å². The van der Waals surface area contributed by atoms with Crippen molar-refractivity contribution in [2.75, 3.05) is 16.9 Å². The largest absolute Gasteiger partial charge is 0.364 e. The smallest absolute Gasteiger partial charge is 0.202 e. The summed E-state index contributed by atoms with van der Waals surface area (Å²) in [7, 11) is 0. The molecule has 0 fully saturated rings. The van der Waals surface area contributed by atoms with Crippen molar-refractivity contribution in [1.29, 1.82) is 5.41 Å². The Kier molecular flexibility index (Phi) is 5.06. The molecule has 22 heavy (non-hydrogen) atoms. The second kappa shape index (κ2) is 6.81. The van der Waals surface area contributed by atoms with Crippen molar-refractivity contribution in [2.24, 2.45) is 5.73 Å². The fourth-order valence-corrected chi connectivity index (χ4v) is 1.81. The van der Waals surface area contributed by atoms with E-state index in [1.807, 2.05) is 0 Å². The highest BCUT2D eigenvalue weighted by atomic mass is 79.9. The Morgan fingerprint density at radius 3 is 2.95 bits per heavy atom. The van der Waals surface area contributed by atoms with Gasteiger partial charge in [0.25, 0.3) is 0 Å². The summed E-state index contributed by atoms with van der Waals surface area (Å²) in [6.45, 7) is 2.17. The van der Waals surface area contributed by atoms with Crippen molar-refractivity contribution in [3.63, 3.8) is 0 Å². The van der Waals surface area contributed by atoms with Crippen LogP contribution in [-0.2, 0) is 0 Å². The van der Waals surface area contributed by atoms with Crippen LogP contribution >= 0.6 is 15.9 Å². The number of anilines is 2. The van der Waals surface area contributed by atoms with Crippen molar-refractivity contribution in [3.8, 4) is 0 Å². The van der Waals surface area contributed by atoms with Gasteiger partial charge in [0, 0.05) is 18.7 Å². The van der Waals surface area contributed by atoms with Crippen LogP contribution in [0.5, 0.6) is 0 Å². The normalized spacial score (nSPS) is 12.0. The molecular formula is C12H14BrFN6O2. The van der Waals surface area contributed by atoms with Crippen LogP contribution in [0.15, 0.2) is 27.3 Å². The third-order valence-electron chi connectivity index (χ3n) is 2.66. The predicted molar refractivity (Wildman–Crippen MR) is 81.6 cm³/mol. The number of nitrogens with one attached hydrogen (secondary N) is 2. The summed E-state index contributed by atoms with van der Waals surface area (Å²) in [6.07, 6.45) is 0. The monoisotopic (exact) mass is 372 g/mol. The molecule has 118 valence electrons. The van der Waals surface area contributed by atoms with Gasteiger partial charge in [0.15, 0.2) is 11.5 Å². The maximum atomic E-state index is 13.5. The summed E-state index contributed by atoms with van der Waals surface area (Å²) in [4.78, 5) is 0. The zero-order valence-corrected chi connectivity index (χ0v) is 13.1. The number of rotatable bonds is 5. The van der Waals surface area contributed by atoms with Gasteiger partial charge in [-0.2, -0.15) is 0 Å². The van der Waals surface area contributed by atoms with E-state index in [-0.39, 0.29) is 27.7 Å². The van der Waals surface area contributed by atoms with Gasteiger partial charge in [0.05, 0.1) is 10.2 Å². The number of amidine groups is 1. The molecule has 0 aliphatic rings. The standard InChI is InChI=1S/C12H14BrFN6O2/c1-6(15)5-17-12-10(18-22-19-12)11(16)20(21)7-2-3-8(13)9(14)4-7/h2-4,6,16,21H,5,15H2,1H3,(H,17,19). The Bertz CT molecular complexity index is 677. The fraction of sp³-hybridized carbons (Fsp3) is 0.250. The lowest BCUT2D eigenvalue weighted by atomic mass is 10.2. The quantitative estimate of drug-likeness (QED) is 0.359. The van der Waals surface area contributed by atoms with Gasteiger partial charge in [-0.1, -0.05) is 0 Å². The number of nitrogens with zero attached hydrogens (tertiary/aromatic N) is 3. The number of halogens is 2. The zero-order chi connectivity index (χ0) is 16.3. The average Bonchev–Trinajstić information content (AvgIpc) is 2.94. The molecule has 8 nitrogen and oxygen atoms in total.